The number of ether oxygens (including phenoxy) is 2. The quantitative estimate of drug-likeness (QED) is 0.693. The predicted octanol–water partition coefficient (Wildman–Crippen LogP) is 4.22. The Morgan fingerprint density at radius 2 is 1.87 bits per heavy atom. The first-order valence-corrected chi connectivity index (χ1v) is 11.3. The molecule has 3 rings (SSSR count). The van der Waals surface area contributed by atoms with Gasteiger partial charge in [-0.1, -0.05) is 12.1 Å². The molecule has 0 atom stereocenters. The van der Waals surface area contributed by atoms with Gasteiger partial charge in [0.25, 0.3) is 0 Å². The molecule has 0 saturated heterocycles. The molecule has 1 aromatic carbocycles. The van der Waals surface area contributed by atoms with Crippen molar-refractivity contribution in [2.45, 2.75) is 59.3 Å². The van der Waals surface area contributed by atoms with E-state index < -0.39 is 0 Å². The van der Waals surface area contributed by atoms with E-state index in [4.69, 9.17) is 9.47 Å². The molecule has 1 aliphatic rings. The van der Waals surface area contributed by atoms with Crippen LogP contribution in [0.25, 0.3) is 0 Å². The van der Waals surface area contributed by atoms with Crippen LogP contribution in [0, 0.1) is 0 Å². The molecule has 0 fully saturated rings. The summed E-state index contributed by atoms with van der Waals surface area (Å²) in [5.74, 6) is 1.29. The van der Waals surface area contributed by atoms with Gasteiger partial charge in [-0.2, -0.15) is 0 Å². The molecule has 2 aromatic rings. The van der Waals surface area contributed by atoms with Crippen LogP contribution in [-0.2, 0) is 17.9 Å². The summed E-state index contributed by atoms with van der Waals surface area (Å²) in [6, 6.07) is 9.34. The highest BCUT2D eigenvalue weighted by atomic mass is 32.1. The molecule has 31 heavy (non-hydrogen) atoms. The van der Waals surface area contributed by atoms with Crippen molar-refractivity contribution in [3.63, 3.8) is 0 Å². The lowest BCUT2D eigenvalue weighted by molar-refractivity contribution is -0.133. The van der Waals surface area contributed by atoms with Crippen LogP contribution in [0.4, 0.5) is 4.79 Å². The van der Waals surface area contributed by atoms with E-state index in [1.54, 1.807) is 21.1 Å². The highest BCUT2D eigenvalue weighted by Crippen LogP contribution is 2.33. The lowest BCUT2D eigenvalue weighted by Gasteiger charge is -2.32. The smallest absolute Gasteiger partial charge is 0.318 e. The second-order valence-electron chi connectivity index (χ2n) is 8.92. The minimum Gasteiger partial charge on any atom is -0.454 e. The van der Waals surface area contributed by atoms with Crippen LogP contribution < -0.4 is 14.8 Å². The highest BCUT2D eigenvalue weighted by Gasteiger charge is 2.26. The summed E-state index contributed by atoms with van der Waals surface area (Å²) < 4.78 is 10.9. The molecule has 0 radical (unpaired) electrons. The number of fused-ring (bicyclic) bond motifs is 1. The zero-order valence-electron chi connectivity index (χ0n) is 18.8. The maximum atomic E-state index is 13.3. The van der Waals surface area contributed by atoms with Gasteiger partial charge < -0.3 is 24.6 Å². The second kappa shape index (κ2) is 9.60. The number of urea groups is 1. The topological polar surface area (TPSA) is 71.1 Å². The van der Waals surface area contributed by atoms with Gasteiger partial charge in [-0.3, -0.25) is 4.79 Å². The number of thiophene rings is 1. The van der Waals surface area contributed by atoms with Crippen LogP contribution in [0.2, 0.25) is 0 Å². The fraction of sp³-hybridized carbons (Fsp3) is 0.478. The molecule has 8 heteroatoms. The van der Waals surface area contributed by atoms with E-state index >= 15 is 0 Å². The number of benzene rings is 1. The lowest BCUT2D eigenvalue weighted by atomic mass is 10.1. The maximum Gasteiger partial charge on any atom is 0.318 e. The van der Waals surface area contributed by atoms with Crippen LogP contribution in [0.15, 0.2) is 35.7 Å². The zero-order valence-corrected chi connectivity index (χ0v) is 19.6. The summed E-state index contributed by atoms with van der Waals surface area (Å²) in [6.45, 7) is 10.7. The van der Waals surface area contributed by atoms with Crippen molar-refractivity contribution in [2.24, 2.45) is 0 Å². The summed E-state index contributed by atoms with van der Waals surface area (Å²) in [6.07, 6.45) is 0. The summed E-state index contributed by atoms with van der Waals surface area (Å²) in [5.41, 5.74) is 0.570. The fourth-order valence-corrected chi connectivity index (χ4v) is 3.93. The second-order valence-corrected chi connectivity index (χ2v) is 9.95. The predicted molar refractivity (Wildman–Crippen MR) is 121 cm³/mol. The van der Waals surface area contributed by atoms with Gasteiger partial charge in [0.15, 0.2) is 11.5 Å². The molecule has 168 valence electrons. The van der Waals surface area contributed by atoms with Gasteiger partial charge in [0.2, 0.25) is 12.7 Å². The molecule has 0 aliphatic carbocycles. The van der Waals surface area contributed by atoms with Crippen LogP contribution in [0.3, 0.4) is 0 Å². The van der Waals surface area contributed by atoms with Crippen molar-refractivity contribution in [3.8, 4) is 11.5 Å². The lowest BCUT2D eigenvalue weighted by Crippen LogP contribution is -2.53. The summed E-state index contributed by atoms with van der Waals surface area (Å²) >= 11 is 1.61. The number of carbonyl (C=O) groups excluding carboxylic acids is 2. The van der Waals surface area contributed by atoms with Gasteiger partial charge in [0, 0.05) is 23.0 Å². The molecule has 1 aliphatic heterocycles. The molecule has 0 unspecified atom stereocenters. The Kier molecular flexibility index (Phi) is 7.10. The molecule has 0 saturated carbocycles. The van der Waals surface area contributed by atoms with Crippen molar-refractivity contribution in [2.75, 3.05) is 13.3 Å². The summed E-state index contributed by atoms with van der Waals surface area (Å²) in [7, 11) is 0. The zero-order chi connectivity index (χ0) is 22.6. The molecule has 0 bridgehead atoms. The van der Waals surface area contributed by atoms with E-state index in [1.165, 1.54) is 0 Å². The Hall–Kier alpha value is -2.74. The molecule has 0 spiro atoms. The first kappa shape index (κ1) is 22.9. The van der Waals surface area contributed by atoms with E-state index in [-0.39, 0.29) is 36.9 Å². The number of carbonyl (C=O) groups is 2. The number of nitrogens with one attached hydrogen (secondary N) is 1. The average Bonchev–Trinajstić information content (AvgIpc) is 3.34. The van der Waals surface area contributed by atoms with Gasteiger partial charge in [-0.25, -0.2) is 4.79 Å². The van der Waals surface area contributed by atoms with E-state index in [0.29, 0.717) is 24.6 Å². The van der Waals surface area contributed by atoms with E-state index in [2.05, 4.69) is 5.32 Å². The summed E-state index contributed by atoms with van der Waals surface area (Å²) in [4.78, 5) is 30.6. The van der Waals surface area contributed by atoms with Gasteiger partial charge in [-0.05, 0) is 63.8 Å². The van der Waals surface area contributed by atoms with Crippen molar-refractivity contribution < 1.29 is 19.1 Å². The van der Waals surface area contributed by atoms with Crippen LogP contribution in [-0.4, -0.2) is 46.7 Å². The van der Waals surface area contributed by atoms with Crippen molar-refractivity contribution in [1.82, 2.24) is 15.1 Å². The van der Waals surface area contributed by atoms with Crippen molar-refractivity contribution in [1.29, 1.82) is 0 Å². The van der Waals surface area contributed by atoms with Crippen molar-refractivity contribution >= 4 is 23.3 Å². The molecule has 1 N–H and O–H groups in total. The third-order valence-electron chi connectivity index (χ3n) is 4.76. The van der Waals surface area contributed by atoms with Crippen LogP contribution >= 0.6 is 11.3 Å². The number of amides is 3. The molecule has 2 heterocycles. The van der Waals surface area contributed by atoms with Gasteiger partial charge in [0.05, 0.1) is 6.54 Å². The molecular formula is C23H31N3O4S. The molecule has 7 nitrogen and oxygen atoms in total. The van der Waals surface area contributed by atoms with Crippen molar-refractivity contribution in [3.05, 3.63) is 46.2 Å². The van der Waals surface area contributed by atoms with E-state index in [0.717, 1.165) is 10.4 Å². The Morgan fingerprint density at radius 3 is 2.52 bits per heavy atom. The minimum absolute atomic E-state index is 0.00943. The number of rotatable bonds is 7. The van der Waals surface area contributed by atoms with E-state index in [9.17, 15) is 9.59 Å². The Morgan fingerprint density at radius 1 is 1.13 bits per heavy atom. The third kappa shape index (κ3) is 6.37. The highest BCUT2D eigenvalue weighted by molar-refractivity contribution is 7.09. The Bertz CT molecular complexity index is 906. The fourth-order valence-electron chi connectivity index (χ4n) is 3.21. The minimum atomic E-state index is -0.379. The monoisotopic (exact) mass is 445 g/mol. The number of hydrogen-bond acceptors (Lipinski definition) is 5. The molecule has 3 amide bonds. The normalized spacial score (nSPS) is 12.7. The van der Waals surface area contributed by atoms with Gasteiger partial charge >= 0.3 is 6.03 Å². The first-order valence-electron chi connectivity index (χ1n) is 10.4. The largest absolute Gasteiger partial charge is 0.454 e. The Balaban J connectivity index is 1.77. The third-order valence-corrected chi connectivity index (χ3v) is 5.62. The Labute approximate surface area is 187 Å². The van der Waals surface area contributed by atoms with Gasteiger partial charge in [-0.15, -0.1) is 11.3 Å². The van der Waals surface area contributed by atoms with E-state index in [1.807, 2.05) is 70.3 Å². The van der Waals surface area contributed by atoms with Crippen LogP contribution in [0.5, 0.6) is 11.5 Å². The first-order chi connectivity index (χ1) is 14.6. The standard InChI is InChI=1S/C23H31N3O4S/c1-16(2)26(22(28)24-23(3,4)5)14-21(27)25(13-18-7-6-10-31-18)12-17-8-9-19-20(11-17)30-15-29-19/h6-11,16H,12-15H2,1-5H3,(H,24,28). The maximum absolute atomic E-state index is 13.3. The SMILES string of the molecule is CC(C)N(CC(=O)N(Cc1ccc2c(c1)OCO2)Cc1cccs1)C(=O)NC(C)(C)C. The molecule has 1 aromatic heterocycles. The number of nitrogens with zero attached hydrogens (tertiary/aromatic N) is 2. The van der Waals surface area contributed by atoms with Crippen LogP contribution in [0.1, 0.15) is 45.1 Å². The number of hydrogen-bond donors (Lipinski definition) is 1. The van der Waals surface area contributed by atoms with Gasteiger partial charge in [0.1, 0.15) is 6.54 Å². The average molecular weight is 446 g/mol. The summed E-state index contributed by atoms with van der Waals surface area (Å²) in [5, 5.41) is 4.95. The molecular weight excluding hydrogens is 414 g/mol.